The number of amides is 3. The first-order valence-electron chi connectivity index (χ1n) is 4.18. The molecule has 0 fully saturated rings. The van der Waals surface area contributed by atoms with Crippen molar-refractivity contribution >= 4 is 29.2 Å². The molecule has 0 saturated heterocycles. The van der Waals surface area contributed by atoms with Gasteiger partial charge < -0.3 is 0 Å². The molecule has 3 amide bonds. The van der Waals surface area contributed by atoms with E-state index in [9.17, 15) is 9.59 Å². The van der Waals surface area contributed by atoms with E-state index in [4.69, 9.17) is 11.6 Å². The van der Waals surface area contributed by atoms with Gasteiger partial charge >= 0.3 is 6.03 Å². The zero-order valence-electron chi connectivity index (χ0n) is 8.11. The van der Waals surface area contributed by atoms with Crippen LogP contribution >= 0.6 is 11.6 Å². The second kappa shape index (κ2) is 5.31. The summed E-state index contributed by atoms with van der Waals surface area (Å²) < 4.78 is 0. The molecular weight excluding hydrogens is 218 g/mol. The minimum Gasteiger partial charge on any atom is -0.296 e. The van der Waals surface area contributed by atoms with Crippen LogP contribution in [0.3, 0.4) is 0 Å². The fraction of sp³-hybridized carbons (Fsp3) is 0.222. The zero-order chi connectivity index (χ0) is 11.3. The molecule has 0 aliphatic heterocycles. The van der Waals surface area contributed by atoms with E-state index in [1.807, 2.05) is 0 Å². The Kier molecular flexibility index (Phi) is 4.05. The third-order valence-corrected chi connectivity index (χ3v) is 1.95. The normalized spacial score (nSPS) is 9.47. The maximum absolute atomic E-state index is 11.4. The number of nitrogens with one attached hydrogen (secondary N) is 1. The molecule has 1 rings (SSSR count). The van der Waals surface area contributed by atoms with Gasteiger partial charge in [-0.2, -0.15) is 0 Å². The Balaban J connectivity index is 2.65. The molecule has 0 saturated carbocycles. The van der Waals surface area contributed by atoms with Crippen LogP contribution in [0.25, 0.3) is 0 Å². The Hall–Kier alpha value is -1.62. The number of rotatable bonds is 2. The summed E-state index contributed by atoms with van der Waals surface area (Å²) in [6.45, 7) is 0. The minimum absolute atomic E-state index is 0.243. The van der Waals surface area contributed by atoms with Crippen LogP contribution in [0.1, 0.15) is 0 Å². The van der Waals surface area contributed by atoms with Gasteiger partial charge in [0.1, 0.15) is 5.88 Å². The number of urea groups is 1. The van der Waals surface area contributed by atoms with Crippen LogP contribution in [0.5, 0.6) is 0 Å². The Labute approximate surface area is 92.0 Å². The molecule has 0 aliphatic carbocycles. The highest BCUT2D eigenvalue weighted by Gasteiger charge is 2.12. The Morgan fingerprint density at radius 2 is 2.33 bits per heavy atom. The van der Waals surface area contributed by atoms with E-state index in [0.717, 1.165) is 0 Å². The molecule has 6 heteroatoms. The fourth-order valence-electron chi connectivity index (χ4n) is 0.906. The average Bonchev–Trinajstić information content (AvgIpc) is 2.29. The van der Waals surface area contributed by atoms with Gasteiger partial charge in [-0.3, -0.25) is 20.0 Å². The van der Waals surface area contributed by atoms with Gasteiger partial charge in [0.15, 0.2) is 0 Å². The first-order valence-corrected chi connectivity index (χ1v) is 4.72. The summed E-state index contributed by atoms with van der Waals surface area (Å²) in [5.41, 5.74) is 0.595. The van der Waals surface area contributed by atoms with E-state index in [-0.39, 0.29) is 5.88 Å². The number of nitrogens with zero attached hydrogens (tertiary/aromatic N) is 2. The highest BCUT2D eigenvalue weighted by molar-refractivity contribution is 6.28. The molecule has 0 atom stereocenters. The first kappa shape index (κ1) is 11.5. The maximum Gasteiger partial charge on any atom is 0.328 e. The summed E-state index contributed by atoms with van der Waals surface area (Å²) in [7, 11) is 1.54. The maximum atomic E-state index is 11.4. The molecule has 0 unspecified atom stereocenters. The highest BCUT2D eigenvalue weighted by atomic mass is 35.5. The number of hydrogen-bond donors (Lipinski definition) is 1. The zero-order valence-corrected chi connectivity index (χ0v) is 8.86. The third kappa shape index (κ3) is 3.21. The van der Waals surface area contributed by atoms with Crippen LogP contribution in [0.2, 0.25) is 0 Å². The van der Waals surface area contributed by atoms with Crippen molar-refractivity contribution in [3.05, 3.63) is 24.5 Å². The first-order chi connectivity index (χ1) is 7.15. The number of imide groups is 1. The van der Waals surface area contributed by atoms with Gasteiger partial charge in [0.2, 0.25) is 5.91 Å². The van der Waals surface area contributed by atoms with Gasteiger partial charge in [0.25, 0.3) is 0 Å². The van der Waals surface area contributed by atoms with Crippen molar-refractivity contribution in [1.82, 2.24) is 10.3 Å². The molecule has 5 nitrogen and oxygen atoms in total. The molecule has 80 valence electrons. The monoisotopic (exact) mass is 227 g/mol. The molecule has 1 heterocycles. The van der Waals surface area contributed by atoms with Gasteiger partial charge in [0, 0.05) is 13.2 Å². The average molecular weight is 228 g/mol. The number of aromatic nitrogens is 1. The molecule has 1 aromatic heterocycles. The fourth-order valence-corrected chi connectivity index (χ4v) is 0.973. The minimum atomic E-state index is -0.534. The van der Waals surface area contributed by atoms with Crippen molar-refractivity contribution in [3.63, 3.8) is 0 Å². The van der Waals surface area contributed by atoms with E-state index in [1.54, 1.807) is 18.3 Å². The summed E-state index contributed by atoms with van der Waals surface area (Å²) in [6.07, 6.45) is 3.11. The molecule has 0 bridgehead atoms. The molecule has 0 aromatic carbocycles. The Morgan fingerprint density at radius 3 is 2.87 bits per heavy atom. The summed E-state index contributed by atoms with van der Waals surface area (Å²) >= 11 is 5.25. The van der Waals surface area contributed by atoms with Crippen LogP contribution < -0.4 is 10.2 Å². The van der Waals surface area contributed by atoms with Crippen LogP contribution in [-0.2, 0) is 4.79 Å². The molecular formula is C9H10ClN3O2. The van der Waals surface area contributed by atoms with Crippen molar-refractivity contribution in [3.8, 4) is 0 Å². The van der Waals surface area contributed by atoms with Gasteiger partial charge in [-0.1, -0.05) is 0 Å². The largest absolute Gasteiger partial charge is 0.328 e. The van der Waals surface area contributed by atoms with Gasteiger partial charge in [-0.25, -0.2) is 4.79 Å². The lowest BCUT2D eigenvalue weighted by Gasteiger charge is -2.16. The lowest BCUT2D eigenvalue weighted by atomic mass is 10.4. The van der Waals surface area contributed by atoms with E-state index < -0.39 is 11.9 Å². The van der Waals surface area contributed by atoms with Gasteiger partial charge in [0.05, 0.1) is 11.9 Å². The molecule has 15 heavy (non-hydrogen) atoms. The smallest absolute Gasteiger partial charge is 0.296 e. The number of halogens is 1. The summed E-state index contributed by atoms with van der Waals surface area (Å²) in [6, 6.07) is 2.87. The molecule has 0 radical (unpaired) electrons. The lowest BCUT2D eigenvalue weighted by Crippen LogP contribution is -2.41. The molecule has 0 aliphatic rings. The molecule has 0 spiro atoms. The summed E-state index contributed by atoms with van der Waals surface area (Å²) in [4.78, 5) is 27.4. The standard InChI is InChI=1S/C9H10ClN3O2/c1-13(7-3-2-4-11-6-7)9(15)12-8(14)5-10/h2-4,6H,5H2,1H3,(H,12,14,15). The SMILES string of the molecule is CN(C(=O)NC(=O)CCl)c1cccnc1. The topological polar surface area (TPSA) is 62.3 Å². The van der Waals surface area contributed by atoms with Gasteiger partial charge in [-0.05, 0) is 12.1 Å². The second-order valence-electron chi connectivity index (χ2n) is 2.76. The number of pyridine rings is 1. The van der Waals surface area contributed by atoms with Crippen molar-refractivity contribution < 1.29 is 9.59 Å². The van der Waals surface area contributed by atoms with Crippen LogP contribution in [0, 0.1) is 0 Å². The van der Waals surface area contributed by atoms with Crippen molar-refractivity contribution in [2.45, 2.75) is 0 Å². The highest BCUT2D eigenvalue weighted by Crippen LogP contribution is 2.08. The number of carbonyl (C=O) groups is 2. The van der Waals surface area contributed by atoms with Crippen LogP contribution in [0.15, 0.2) is 24.5 Å². The van der Waals surface area contributed by atoms with E-state index in [2.05, 4.69) is 10.3 Å². The summed E-state index contributed by atoms with van der Waals surface area (Å²) in [5, 5.41) is 2.12. The summed E-state index contributed by atoms with van der Waals surface area (Å²) in [5.74, 6) is -0.774. The molecule has 1 aromatic rings. The Bertz CT molecular complexity index is 356. The van der Waals surface area contributed by atoms with Crippen LogP contribution in [0.4, 0.5) is 10.5 Å². The number of alkyl halides is 1. The van der Waals surface area contributed by atoms with Crippen molar-refractivity contribution in [2.75, 3.05) is 17.8 Å². The number of anilines is 1. The molecule has 1 N–H and O–H groups in total. The van der Waals surface area contributed by atoms with Gasteiger partial charge in [-0.15, -0.1) is 11.6 Å². The number of carbonyl (C=O) groups excluding carboxylic acids is 2. The van der Waals surface area contributed by atoms with Crippen molar-refractivity contribution in [2.24, 2.45) is 0 Å². The van der Waals surface area contributed by atoms with E-state index in [0.29, 0.717) is 5.69 Å². The second-order valence-corrected chi connectivity index (χ2v) is 3.02. The van der Waals surface area contributed by atoms with E-state index >= 15 is 0 Å². The van der Waals surface area contributed by atoms with Crippen molar-refractivity contribution in [1.29, 1.82) is 0 Å². The third-order valence-electron chi connectivity index (χ3n) is 1.71. The van der Waals surface area contributed by atoms with Crippen LogP contribution in [-0.4, -0.2) is 29.8 Å². The van der Waals surface area contributed by atoms with E-state index in [1.165, 1.54) is 18.1 Å². The number of hydrogen-bond acceptors (Lipinski definition) is 3. The predicted octanol–water partition coefficient (Wildman–Crippen LogP) is 0.993. The quantitative estimate of drug-likeness (QED) is 0.767. The Morgan fingerprint density at radius 1 is 1.60 bits per heavy atom. The predicted molar refractivity (Wildman–Crippen MR) is 56.9 cm³/mol. The lowest BCUT2D eigenvalue weighted by molar-refractivity contribution is -0.117.